The summed E-state index contributed by atoms with van der Waals surface area (Å²) in [5, 5.41) is 0. The third-order valence-corrected chi connectivity index (χ3v) is 1.60. The van der Waals surface area contributed by atoms with Gasteiger partial charge >= 0.3 is 18.9 Å². The molecule has 1 rings (SSSR count). The molecule has 0 saturated carbocycles. The van der Waals surface area contributed by atoms with Gasteiger partial charge in [0, 0.05) is 0 Å². The zero-order chi connectivity index (χ0) is 9.52. The van der Waals surface area contributed by atoms with Gasteiger partial charge in [-0.25, -0.2) is 0 Å². The van der Waals surface area contributed by atoms with Gasteiger partial charge in [-0.05, 0) is 17.7 Å². The van der Waals surface area contributed by atoms with Gasteiger partial charge in [0.2, 0.25) is 0 Å². The van der Waals surface area contributed by atoms with Gasteiger partial charge in [0.25, 0.3) is 0 Å². The Bertz CT molecular complexity index is 287. The summed E-state index contributed by atoms with van der Waals surface area (Å²) >= 11 is 0. The summed E-state index contributed by atoms with van der Waals surface area (Å²) in [5.74, 6) is 3.00. The van der Waals surface area contributed by atoms with E-state index in [9.17, 15) is 0 Å². The molecule has 0 N–H and O–H groups in total. The number of ether oxygens (including phenoxy) is 2. The summed E-state index contributed by atoms with van der Waals surface area (Å²) in [6, 6.07) is 7.63. The van der Waals surface area contributed by atoms with Crippen molar-refractivity contribution in [3.05, 3.63) is 36.3 Å². The molecule has 0 aromatic heterocycles. The molecule has 0 spiro atoms. The number of rotatable bonds is 4. The average Bonchev–Trinajstić information content (AvgIpc) is 2.19. The number of methoxy groups -OCH3 is 1. The molecule has 0 amide bonds. The molecule has 0 radical (unpaired) electrons. The van der Waals surface area contributed by atoms with E-state index in [1.807, 2.05) is 24.3 Å². The summed E-state index contributed by atoms with van der Waals surface area (Å²) in [4.78, 5) is 0. The Morgan fingerprint density at radius 1 is 1.29 bits per heavy atom. The van der Waals surface area contributed by atoms with Crippen molar-refractivity contribution in [3.63, 3.8) is 0 Å². The van der Waals surface area contributed by atoms with Gasteiger partial charge in [0.05, 0.1) is 20.3 Å². The average molecular weight is 182 g/mol. The van der Waals surface area contributed by atoms with E-state index in [-0.39, 0.29) is 25.5 Å². The van der Waals surface area contributed by atoms with E-state index in [4.69, 9.17) is 15.9 Å². The smallest absolute Gasteiger partial charge is 0.691 e. The van der Waals surface area contributed by atoms with Gasteiger partial charge in [-0.3, -0.25) is 0 Å². The second-order valence-electron chi connectivity index (χ2n) is 2.52. The molecule has 0 bridgehead atoms. The van der Waals surface area contributed by atoms with Crippen LogP contribution in [0.25, 0.3) is 0 Å². The Labute approximate surface area is 96.8 Å². The third kappa shape index (κ3) is 4.40. The fourth-order valence-corrected chi connectivity index (χ4v) is 0.942. The van der Waals surface area contributed by atoms with Gasteiger partial charge in [-0.1, -0.05) is 12.1 Å². The quantitative estimate of drug-likeness (QED) is 0.252. The molecule has 0 aliphatic carbocycles. The molecule has 0 aliphatic heterocycles. The molecule has 0 saturated heterocycles. The minimum atomic E-state index is 0. The van der Waals surface area contributed by atoms with Crippen LogP contribution in [-0.2, 0) is 11.3 Å². The van der Waals surface area contributed by atoms with Crippen LogP contribution in [0.2, 0.25) is 0 Å². The van der Waals surface area contributed by atoms with Gasteiger partial charge in [0.1, 0.15) is 5.75 Å². The first-order valence-electron chi connectivity index (χ1n) is 3.97. The first-order valence-corrected chi connectivity index (χ1v) is 3.97. The first-order chi connectivity index (χ1) is 6.36. The predicted molar refractivity (Wildman–Crippen MR) is 49.8 cm³/mol. The van der Waals surface area contributed by atoms with Crippen molar-refractivity contribution in [1.82, 2.24) is 0 Å². The maximum absolute atomic E-state index is 6.64. The van der Waals surface area contributed by atoms with E-state index in [0.29, 0.717) is 6.61 Å². The number of hydrogen-bond acceptors (Lipinski definition) is 2. The van der Waals surface area contributed by atoms with Crippen molar-refractivity contribution in [2.45, 2.75) is 6.61 Å². The Morgan fingerprint density at radius 3 is 2.43 bits per heavy atom. The first kappa shape index (κ1) is 13.1. The van der Waals surface area contributed by atoms with Crippen molar-refractivity contribution in [2.75, 3.05) is 13.7 Å². The minimum Gasteiger partial charge on any atom is -0.691 e. The molecule has 0 heterocycles. The van der Waals surface area contributed by atoms with Crippen molar-refractivity contribution in [1.29, 1.82) is 0 Å². The second kappa shape index (κ2) is 7.53. The summed E-state index contributed by atoms with van der Waals surface area (Å²) in [6.45, 7) is 0.752. The van der Waals surface area contributed by atoms with Crippen molar-refractivity contribution in [2.24, 2.45) is 0 Å². The van der Waals surface area contributed by atoms with Crippen LogP contribution in [-0.4, -0.2) is 13.7 Å². The zero-order valence-electron chi connectivity index (χ0n) is 8.54. The predicted octanol–water partition coefficient (Wildman–Crippen LogP) is -1.19. The normalized spacial score (nSPS) is 8.57. The second-order valence-corrected chi connectivity index (χ2v) is 2.52. The van der Waals surface area contributed by atoms with Crippen LogP contribution >= 0.6 is 0 Å². The van der Waals surface area contributed by atoms with Gasteiger partial charge < -0.3 is 21.8 Å². The van der Waals surface area contributed by atoms with Gasteiger partial charge in [-0.15, -0.1) is 0 Å². The Balaban J connectivity index is 0.00000169. The molecular formula is C11H11LiO2. The Kier molecular flexibility index (Phi) is 7.07. The molecule has 1 aromatic carbocycles. The molecule has 3 heteroatoms. The molecule has 68 valence electrons. The number of benzene rings is 1. The molecule has 0 atom stereocenters. The molecule has 0 fully saturated rings. The molecule has 14 heavy (non-hydrogen) atoms. The number of hydrogen-bond donors (Lipinski definition) is 0. The van der Waals surface area contributed by atoms with Crippen LogP contribution in [0.3, 0.4) is 0 Å². The molecule has 1 aromatic rings. The van der Waals surface area contributed by atoms with Crippen molar-refractivity contribution in [3.8, 4) is 11.7 Å². The Morgan fingerprint density at radius 2 is 1.93 bits per heavy atom. The molecular weight excluding hydrogens is 171 g/mol. The summed E-state index contributed by atoms with van der Waals surface area (Å²) in [7, 11) is 1.63. The third-order valence-electron chi connectivity index (χ3n) is 1.60. The maximum Gasteiger partial charge on any atom is 1.00 e. The van der Waals surface area contributed by atoms with E-state index in [0.717, 1.165) is 11.3 Å². The summed E-state index contributed by atoms with van der Waals surface area (Å²) < 4.78 is 10.1. The maximum atomic E-state index is 6.64. The van der Waals surface area contributed by atoms with E-state index in [1.54, 1.807) is 7.11 Å². The van der Waals surface area contributed by atoms with Crippen LogP contribution in [0.5, 0.6) is 5.75 Å². The van der Waals surface area contributed by atoms with Crippen molar-refractivity contribution < 1.29 is 28.3 Å². The monoisotopic (exact) mass is 182 g/mol. The van der Waals surface area contributed by atoms with Crippen LogP contribution in [0, 0.1) is 12.3 Å². The standard InChI is InChI=1S/C11H11O2.Li/c1-3-8-13-9-10-4-6-11(12-2)7-5-10;/h4-7H,8-9H2,2H3;/q-1;+1. The van der Waals surface area contributed by atoms with Gasteiger partial charge in [0.15, 0.2) is 0 Å². The minimum absolute atomic E-state index is 0. The summed E-state index contributed by atoms with van der Waals surface area (Å²) in [5.41, 5.74) is 1.07. The zero-order valence-corrected chi connectivity index (χ0v) is 8.54. The van der Waals surface area contributed by atoms with Crippen LogP contribution in [0.4, 0.5) is 0 Å². The van der Waals surface area contributed by atoms with Crippen LogP contribution in [0.1, 0.15) is 5.56 Å². The largest absolute Gasteiger partial charge is 1.00 e. The molecule has 2 nitrogen and oxygen atoms in total. The van der Waals surface area contributed by atoms with Gasteiger partial charge in [-0.2, -0.15) is 0 Å². The van der Waals surface area contributed by atoms with E-state index < -0.39 is 0 Å². The fourth-order valence-electron chi connectivity index (χ4n) is 0.942. The molecule has 0 unspecified atom stereocenters. The van der Waals surface area contributed by atoms with E-state index in [1.165, 1.54) is 0 Å². The van der Waals surface area contributed by atoms with Crippen LogP contribution < -0.4 is 23.6 Å². The fraction of sp³-hybridized carbons (Fsp3) is 0.273. The summed E-state index contributed by atoms with van der Waals surface area (Å²) in [6.07, 6.45) is 6.64. The van der Waals surface area contributed by atoms with E-state index >= 15 is 0 Å². The van der Waals surface area contributed by atoms with Crippen LogP contribution in [0.15, 0.2) is 24.3 Å². The van der Waals surface area contributed by atoms with E-state index in [2.05, 4.69) is 5.92 Å². The Hall–Kier alpha value is -0.863. The topological polar surface area (TPSA) is 18.5 Å². The SMILES string of the molecule is [C-]#CCOCc1ccc(OC)cc1.[Li+]. The van der Waals surface area contributed by atoms with Crippen molar-refractivity contribution >= 4 is 0 Å². The molecule has 0 aliphatic rings.